The summed E-state index contributed by atoms with van der Waals surface area (Å²) < 4.78 is 1.46. The third-order valence-corrected chi connectivity index (χ3v) is 6.29. The van der Waals surface area contributed by atoms with E-state index in [9.17, 15) is 14.8 Å². The van der Waals surface area contributed by atoms with Crippen molar-refractivity contribution in [1.82, 2.24) is 25.0 Å². The average molecular weight is 502 g/mol. The van der Waals surface area contributed by atoms with Crippen molar-refractivity contribution in [2.45, 2.75) is 13.0 Å². The van der Waals surface area contributed by atoms with Gasteiger partial charge in [0.1, 0.15) is 29.0 Å². The van der Waals surface area contributed by atoms with Gasteiger partial charge in [0.25, 0.3) is 5.56 Å². The van der Waals surface area contributed by atoms with Gasteiger partial charge in [-0.05, 0) is 19.1 Å². The van der Waals surface area contributed by atoms with Gasteiger partial charge in [0.2, 0.25) is 0 Å². The van der Waals surface area contributed by atoms with Crippen LogP contribution in [0.15, 0.2) is 76.7 Å². The minimum absolute atomic E-state index is 0.179. The lowest BCUT2D eigenvalue weighted by Crippen LogP contribution is -2.29. The number of aromatic amines is 1. The molecule has 180 valence electrons. The molecule has 11 heteroatoms. The molecule has 1 unspecified atom stereocenters. The molecule has 0 amide bonds. The molecule has 0 spiro atoms. The topological polar surface area (TPSA) is 149 Å². The molecule has 1 atom stereocenters. The summed E-state index contributed by atoms with van der Waals surface area (Å²) >= 11 is 6.95. The van der Waals surface area contributed by atoms with Crippen LogP contribution >= 0.6 is 11.6 Å². The summed E-state index contributed by atoms with van der Waals surface area (Å²) in [5, 5.41) is 21.8. The van der Waals surface area contributed by atoms with Crippen molar-refractivity contribution in [3.63, 3.8) is 0 Å². The first kappa shape index (κ1) is 23.2. The standard InChI is InChI=1S/C25H20ClN7O3/c1-13(31-24-19-17(34)10-11-28-23(19)29-12-30-24)21-20(26)15-8-5-9-16(22(27)32-36)18(15)25(35)33(21)14-6-3-2-4-7-14/h2-13,36H,1H3,(H2,27,32)(H2,28,29,30,31,34). The van der Waals surface area contributed by atoms with Crippen LogP contribution < -0.4 is 21.8 Å². The summed E-state index contributed by atoms with van der Waals surface area (Å²) in [4.78, 5) is 37.8. The molecule has 0 aliphatic carbocycles. The Bertz CT molecular complexity index is 1740. The summed E-state index contributed by atoms with van der Waals surface area (Å²) in [5.74, 6) is -0.0448. The monoisotopic (exact) mass is 501 g/mol. The van der Waals surface area contributed by atoms with Crippen molar-refractivity contribution in [3.8, 4) is 5.69 Å². The van der Waals surface area contributed by atoms with Gasteiger partial charge in [-0.2, -0.15) is 0 Å². The van der Waals surface area contributed by atoms with Crippen LogP contribution in [0.2, 0.25) is 5.02 Å². The zero-order valence-corrected chi connectivity index (χ0v) is 19.7. The van der Waals surface area contributed by atoms with E-state index in [-0.39, 0.29) is 38.4 Å². The maximum Gasteiger partial charge on any atom is 0.264 e. The number of nitrogens with one attached hydrogen (secondary N) is 4. The minimum atomic E-state index is -0.591. The summed E-state index contributed by atoms with van der Waals surface area (Å²) in [6.07, 6.45) is 2.84. The van der Waals surface area contributed by atoms with Crippen LogP contribution in [0.3, 0.4) is 0 Å². The number of nitrogens with zero attached hydrogens (tertiary/aromatic N) is 3. The lowest BCUT2D eigenvalue weighted by Gasteiger charge is -2.24. The quantitative estimate of drug-likeness (QED) is 0.140. The largest absolute Gasteiger partial charge is 0.361 e. The van der Waals surface area contributed by atoms with Gasteiger partial charge in [-0.1, -0.05) is 48.0 Å². The fourth-order valence-electron chi connectivity index (χ4n) is 4.30. The van der Waals surface area contributed by atoms with Gasteiger partial charge in [0.15, 0.2) is 5.43 Å². The number of amidine groups is 1. The van der Waals surface area contributed by atoms with Crippen LogP contribution in [-0.2, 0) is 0 Å². The number of pyridine rings is 2. The van der Waals surface area contributed by atoms with Crippen LogP contribution in [0, 0.1) is 5.41 Å². The predicted octanol–water partition coefficient (Wildman–Crippen LogP) is 3.75. The highest BCUT2D eigenvalue weighted by Crippen LogP contribution is 2.34. The van der Waals surface area contributed by atoms with Crippen LogP contribution in [0.25, 0.3) is 27.5 Å². The Hall–Kier alpha value is -4.54. The number of hydrogen-bond donors (Lipinski definition) is 5. The molecule has 5 aromatic rings. The SMILES string of the molecule is CC(Nc1ncnc2[nH]ccc(=O)c12)c1c(Cl)c2cccc(C(=N)NO)c2c(=O)n1-c1ccccc1. The second kappa shape index (κ2) is 9.25. The molecule has 0 fully saturated rings. The highest BCUT2D eigenvalue weighted by Gasteiger charge is 2.24. The molecule has 2 aromatic carbocycles. The lowest BCUT2D eigenvalue weighted by atomic mass is 10.0. The third-order valence-electron chi connectivity index (χ3n) is 5.89. The molecule has 10 nitrogen and oxygen atoms in total. The Kier molecular flexibility index (Phi) is 5.96. The third kappa shape index (κ3) is 3.78. The van der Waals surface area contributed by atoms with Crippen LogP contribution in [0.5, 0.6) is 0 Å². The maximum absolute atomic E-state index is 14.0. The summed E-state index contributed by atoms with van der Waals surface area (Å²) in [6, 6.07) is 14.6. The molecule has 5 N–H and O–H groups in total. The van der Waals surface area contributed by atoms with E-state index < -0.39 is 11.6 Å². The van der Waals surface area contributed by atoms with Crippen molar-refractivity contribution in [1.29, 1.82) is 5.41 Å². The lowest BCUT2D eigenvalue weighted by molar-refractivity contribution is 0.234. The first-order valence-electron chi connectivity index (χ1n) is 10.9. The number of anilines is 1. The van der Waals surface area contributed by atoms with Crippen molar-refractivity contribution in [2.75, 3.05) is 5.32 Å². The number of fused-ring (bicyclic) bond motifs is 2. The van der Waals surface area contributed by atoms with Crippen LogP contribution in [0.4, 0.5) is 5.82 Å². The van der Waals surface area contributed by atoms with E-state index in [4.69, 9.17) is 17.0 Å². The smallest absolute Gasteiger partial charge is 0.264 e. The van der Waals surface area contributed by atoms with Crippen LogP contribution in [0.1, 0.15) is 24.2 Å². The average Bonchev–Trinajstić information content (AvgIpc) is 2.90. The van der Waals surface area contributed by atoms with E-state index >= 15 is 0 Å². The molecular weight excluding hydrogens is 482 g/mol. The predicted molar refractivity (Wildman–Crippen MR) is 139 cm³/mol. The number of hydroxylamine groups is 1. The zero-order valence-electron chi connectivity index (χ0n) is 18.9. The molecule has 0 saturated carbocycles. The van der Waals surface area contributed by atoms with E-state index in [0.717, 1.165) is 0 Å². The fourth-order valence-corrected chi connectivity index (χ4v) is 4.71. The van der Waals surface area contributed by atoms with E-state index in [1.54, 1.807) is 54.9 Å². The Balaban J connectivity index is 1.79. The minimum Gasteiger partial charge on any atom is -0.361 e. The molecule has 0 radical (unpaired) electrons. The normalized spacial score (nSPS) is 12.0. The Labute approximate surface area is 208 Å². The maximum atomic E-state index is 14.0. The Morgan fingerprint density at radius 1 is 1.08 bits per heavy atom. The van der Waals surface area contributed by atoms with E-state index in [1.165, 1.54) is 23.2 Å². The first-order chi connectivity index (χ1) is 17.4. The highest BCUT2D eigenvalue weighted by molar-refractivity contribution is 6.36. The Morgan fingerprint density at radius 2 is 1.86 bits per heavy atom. The highest BCUT2D eigenvalue weighted by atomic mass is 35.5. The van der Waals surface area contributed by atoms with E-state index in [0.29, 0.717) is 22.4 Å². The van der Waals surface area contributed by atoms with Gasteiger partial charge in [0, 0.05) is 28.9 Å². The molecule has 0 bridgehead atoms. The van der Waals surface area contributed by atoms with E-state index in [1.807, 2.05) is 6.07 Å². The number of para-hydroxylation sites is 1. The molecule has 0 aliphatic rings. The number of aromatic nitrogens is 4. The number of hydrogen-bond acceptors (Lipinski definition) is 7. The summed E-state index contributed by atoms with van der Waals surface area (Å²) in [7, 11) is 0. The second-order valence-corrected chi connectivity index (χ2v) is 8.42. The molecule has 5 rings (SSSR count). The number of H-pyrrole nitrogens is 1. The molecule has 3 aromatic heterocycles. The molecular formula is C25H20ClN7O3. The van der Waals surface area contributed by atoms with Crippen molar-refractivity contribution in [3.05, 3.63) is 104 Å². The number of benzene rings is 2. The van der Waals surface area contributed by atoms with Gasteiger partial charge in [-0.3, -0.25) is 30.3 Å². The summed E-state index contributed by atoms with van der Waals surface area (Å²) in [6.45, 7) is 1.80. The van der Waals surface area contributed by atoms with Gasteiger partial charge < -0.3 is 10.3 Å². The van der Waals surface area contributed by atoms with Gasteiger partial charge in [-0.15, -0.1) is 0 Å². The summed E-state index contributed by atoms with van der Waals surface area (Å²) in [5.41, 5.74) is 2.68. The fraction of sp³-hybridized carbons (Fsp3) is 0.0800. The number of halogens is 1. The van der Waals surface area contributed by atoms with Gasteiger partial charge in [0.05, 0.1) is 22.1 Å². The van der Waals surface area contributed by atoms with Crippen molar-refractivity contribution in [2.24, 2.45) is 0 Å². The zero-order chi connectivity index (χ0) is 25.4. The van der Waals surface area contributed by atoms with Gasteiger partial charge in [-0.25, -0.2) is 9.97 Å². The number of rotatable bonds is 5. The second-order valence-electron chi connectivity index (χ2n) is 8.04. The van der Waals surface area contributed by atoms with Gasteiger partial charge >= 0.3 is 0 Å². The van der Waals surface area contributed by atoms with Crippen molar-refractivity contribution < 1.29 is 5.21 Å². The van der Waals surface area contributed by atoms with Crippen molar-refractivity contribution >= 4 is 45.1 Å². The molecule has 36 heavy (non-hydrogen) atoms. The van der Waals surface area contributed by atoms with Crippen LogP contribution in [-0.4, -0.2) is 30.6 Å². The van der Waals surface area contributed by atoms with E-state index in [2.05, 4.69) is 20.3 Å². The first-order valence-corrected chi connectivity index (χ1v) is 11.3. The Morgan fingerprint density at radius 3 is 2.61 bits per heavy atom. The molecule has 0 saturated heterocycles. The molecule has 3 heterocycles. The molecule has 0 aliphatic heterocycles.